The van der Waals surface area contributed by atoms with Gasteiger partial charge in [0.15, 0.2) is 0 Å². The predicted octanol–water partition coefficient (Wildman–Crippen LogP) is 1.31. The van der Waals surface area contributed by atoms with Gasteiger partial charge in [-0.2, -0.15) is 0 Å². The highest BCUT2D eigenvalue weighted by atomic mass is 16.4. The minimum Gasteiger partial charge on any atom is -0.480 e. The van der Waals surface area contributed by atoms with Crippen LogP contribution < -0.4 is 0 Å². The van der Waals surface area contributed by atoms with Gasteiger partial charge in [0, 0.05) is 19.6 Å². The number of aliphatic carboxylic acids is 1. The summed E-state index contributed by atoms with van der Waals surface area (Å²) >= 11 is 0. The number of carbonyl (C=O) groups excluding carboxylic acids is 1. The molecule has 0 aromatic carbocycles. The summed E-state index contributed by atoms with van der Waals surface area (Å²) in [5.41, 5.74) is 1.30. The third kappa shape index (κ3) is 2.43. The van der Waals surface area contributed by atoms with Gasteiger partial charge < -0.3 is 14.9 Å². The van der Waals surface area contributed by atoms with Crippen molar-refractivity contribution in [3.05, 3.63) is 11.6 Å². The molecule has 0 saturated carbocycles. The molecule has 5 heteroatoms. The third-order valence-electron chi connectivity index (χ3n) is 3.49. The van der Waals surface area contributed by atoms with E-state index in [0.29, 0.717) is 26.1 Å². The molecule has 2 rings (SSSR count). The normalized spacial score (nSPS) is 24.8. The first kappa shape index (κ1) is 12.0. The van der Waals surface area contributed by atoms with Gasteiger partial charge in [0.1, 0.15) is 6.04 Å². The summed E-state index contributed by atoms with van der Waals surface area (Å²) in [5.74, 6) is -0.889. The predicted molar refractivity (Wildman–Crippen MR) is 62.7 cm³/mol. The number of nitrogens with zero attached hydrogens (tertiary/aromatic N) is 2. The van der Waals surface area contributed by atoms with Crippen molar-refractivity contribution in [2.24, 2.45) is 0 Å². The molecule has 0 unspecified atom stereocenters. The van der Waals surface area contributed by atoms with Crippen LogP contribution in [0.15, 0.2) is 11.6 Å². The molecule has 2 aliphatic heterocycles. The van der Waals surface area contributed by atoms with Crippen LogP contribution in [0, 0.1) is 0 Å². The molecule has 2 amide bonds. The minimum atomic E-state index is -0.889. The van der Waals surface area contributed by atoms with Gasteiger partial charge in [-0.25, -0.2) is 9.59 Å². The quantitative estimate of drug-likeness (QED) is 0.701. The lowest BCUT2D eigenvalue weighted by Gasteiger charge is -2.31. The molecule has 0 aromatic heterocycles. The van der Waals surface area contributed by atoms with Gasteiger partial charge in [0.25, 0.3) is 0 Å². The Balaban J connectivity index is 2.02. The van der Waals surface area contributed by atoms with Crippen LogP contribution in [0.25, 0.3) is 0 Å². The van der Waals surface area contributed by atoms with Gasteiger partial charge >= 0.3 is 12.0 Å². The molecule has 0 spiro atoms. The molecule has 17 heavy (non-hydrogen) atoms. The highest BCUT2D eigenvalue weighted by Crippen LogP contribution is 2.21. The number of hydrogen-bond donors (Lipinski definition) is 1. The molecule has 0 bridgehead atoms. The molecule has 0 aromatic rings. The summed E-state index contributed by atoms with van der Waals surface area (Å²) in [7, 11) is 0. The van der Waals surface area contributed by atoms with Gasteiger partial charge in [-0.15, -0.1) is 0 Å². The van der Waals surface area contributed by atoms with Gasteiger partial charge in [-0.1, -0.05) is 11.6 Å². The van der Waals surface area contributed by atoms with Gasteiger partial charge in [-0.3, -0.25) is 0 Å². The van der Waals surface area contributed by atoms with Crippen LogP contribution in [-0.4, -0.2) is 52.6 Å². The van der Waals surface area contributed by atoms with E-state index < -0.39 is 12.0 Å². The zero-order chi connectivity index (χ0) is 12.4. The van der Waals surface area contributed by atoms with E-state index >= 15 is 0 Å². The highest BCUT2D eigenvalue weighted by Gasteiger charge is 2.36. The topological polar surface area (TPSA) is 60.9 Å². The lowest BCUT2D eigenvalue weighted by atomic mass is 10.1. The second-order valence-electron chi connectivity index (χ2n) is 4.72. The molecule has 1 atom stereocenters. The summed E-state index contributed by atoms with van der Waals surface area (Å²) in [6.07, 6.45) is 4.28. The van der Waals surface area contributed by atoms with Crippen molar-refractivity contribution in [3.63, 3.8) is 0 Å². The Kier molecular flexibility index (Phi) is 3.36. The van der Waals surface area contributed by atoms with Crippen LogP contribution in [0.4, 0.5) is 4.79 Å². The standard InChI is InChI=1S/C12H18N2O3/c1-9-4-7-13(8-5-9)12(17)14-6-2-3-10(14)11(15)16/h4,10H,2-3,5-8H2,1H3,(H,15,16)/t10-/m1/s1. The van der Waals surface area contributed by atoms with Gasteiger partial charge in [-0.05, 0) is 26.2 Å². The Hall–Kier alpha value is -1.52. The molecule has 0 aliphatic carbocycles. The van der Waals surface area contributed by atoms with E-state index in [-0.39, 0.29) is 6.03 Å². The average Bonchev–Trinajstić information content (AvgIpc) is 2.78. The molecule has 1 saturated heterocycles. The molecular weight excluding hydrogens is 220 g/mol. The largest absolute Gasteiger partial charge is 0.480 e. The lowest BCUT2D eigenvalue weighted by molar-refractivity contribution is -0.141. The van der Waals surface area contributed by atoms with E-state index in [1.165, 1.54) is 10.5 Å². The van der Waals surface area contributed by atoms with E-state index in [1.54, 1.807) is 4.90 Å². The van der Waals surface area contributed by atoms with Crippen LogP contribution in [0.1, 0.15) is 26.2 Å². The second-order valence-corrected chi connectivity index (χ2v) is 4.72. The molecule has 1 N–H and O–H groups in total. The van der Waals surface area contributed by atoms with Crippen molar-refractivity contribution in [3.8, 4) is 0 Å². The highest BCUT2D eigenvalue weighted by molar-refractivity contribution is 5.83. The molecule has 5 nitrogen and oxygen atoms in total. The van der Waals surface area contributed by atoms with Crippen LogP contribution in [0.5, 0.6) is 0 Å². The number of urea groups is 1. The minimum absolute atomic E-state index is 0.126. The maximum absolute atomic E-state index is 12.2. The SMILES string of the molecule is CC1=CCN(C(=O)N2CCC[C@@H]2C(=O)O)CC1. The first-order chi connectivity index (χ1) is 8.09. The fraction of sp³-hybridized carbons (Fsp3) is 0.667. The maximum atomic E-state index is 12.2. The first-order valence-electron chi connectivity index (χ1n) is 6.03. The molecule has 2 aliphatic rings. The Labute approximate surface area is 101 Å². The van der Waals surface area contributed by atoms with Crippen LogP contribution in [0.2, 0.25) is 0 Å². The van der Waals surface area contributed by atoms with Crippen molar-refractivity contribution < 1.29 is 14.7 Å². The zero-order valence-corrected chi connectivity index (χ0v) is 10.1. The van der Waals surface area contributed by atoms with Crippen molar-refractivity contribution in [2.75, 3.05) is 19.6 Å². The van der Waals surface area contributed by atoms with E-state index in [2.05, 4.69) is 6.92 Å². The number of carboxylic acid groups (broad SMARTS) is 1. The molecule has 1 fully saturated rings. The van der Waals surface area contributed by atoms with Crippen molar-refractivity contribution >= 4 is 12.0 Å². The summed E-state index contributed by atoms with van der Waals surface area (Å²) in [5, 5.41) is 9.05. The van der Waals surface area contributed by atoms with Crippen molar-refractivity contribution in [2.45, 2.75) is 32.2 Å². The number of carbonyl (C=O) groups is 2. The Bertz CT molecular complexity index is 365. The van der Waals surface area contributed by atoms with Crippen molar-refractivity contribution in [1.29, 1.82) is 0 Å². The first-order valence-corrected chi connectivity index (χ1v) is 6.03. The fourth-order valence-electron chi connectivity index (χ4n) is 2.38. The molecule has 2 heterocycles. The van der Waals surface area contributed by atoms with Crippen LogP contribution >= 0.6 is 0 Å². The number of likely N-dealkylation sites (tertiary alicyclic amines) is 1. The monoisotopic (exact) mass is 238 g/mol. The number of amides is 2. The number of rotatable bonds is 1. The summed E-state index contributed by atoms with van der Waals surface area (Å²) < 4.78 is 0. The van der Waals surface area contributed by atoms with Gasteiger partial charge in [0.2, 0.25) is 0 Å². The van der Waals surface area contributed by atoms with Gasteiger partial charge in [0.05, 0.1) is 0 Å². The third-order valence-corrected chi connectivity index (χ3v) is 3.49. The van der Waals surface area contributed by atoms with E-state index in [0.717, 1.165) is 12.8 Å². The maximum Gasteiger partial charge on any atom is 0.326 e. The van der Waals surface area contributed by atoms with Crippen LogP contribution in [0.3, 0.4) is 0 Å². The van der Waals surface area contributed by atoms with E-state index in [1.807, 2.05) is 6.08 Å². The summed E-state index contributed by atoms with van der Waals surface area (Å²) in [6, 6.07) is -0.756. The van der Waals surface area contributed by atoms with Crippen LogP contribution in [-0.2, 0) is 4.79 Å². The Morgan fingerprint density at radius 3 is 2.76 bits per heavy atom. The second kappa shape index (κ2) is 4.77. The smallest absolute Gasteiger partial charge is 0.326 e. The Morgan fingerprint density at radius 2 is 2.18 bits per heavy atom. The van der Waals surface area contributed by atoms with Crippen molar-refractivity contribution in [1.82, 2.24) is 9.80 Å². The molecule has 94 valence electrons. The average molecular weight is 238 g/mol. The summed E-state index contributed by atoms with van der Waals surface area (Å²) in [4.78, 5) is 26.4. The lowest BCUT2D eigenvalue weighted by Crippen LogP contribution is -2.49. The number of hydrogen-bond acceptors (Lipinski definition) is 2. The van der Waals surface area contributed by atoms with E-state index in [4.69, 9.17) is 5.11 Å². The Morgan fingerprint density at radius 1 is 1.41 bits per heavy atom. The fourth-order valence-corrected chi connectivity index (χ4v) is 2.38. The molecule has 0 radical (unpaired) electrons. The summed E-state index contributed by atoms with van der Waals surface area (Å²) in [6.45, 7) is 3.92. The number of carboxylic acids is 1. The molecular formula is C12H18N2O3. The zero-order valence-electron chi connectivity index (χ0n) is 10.1. The van der Waals surface area contributed by atoms with E-state index in [9.17, 15) is 9.59 Å².